The van der Waals surface area contributed by atoms with Gasteiger partial charge in [0.15, 0.2) is 5.43 Å². The van der Waals surface area contributed by atoms with Crippen molar-refractivity contribution in [3.63, 3.8) is 0 Å². The van der Waals surface area contributed by atoms with E-state index in [0.717, 1.165) is 22.4 Å². The molecule has 2 aromatic carbocycles. The summed E-state index contributed by atoms with van der Waals surface area (Å²) in [6.45, 7) is 3.83. The minimum absolute atomic E-state index is 0.0398. The van der Waals surface area contributed by atoms with Crippen LogP contribution in [0, 0.1) is 0 Å². The number of rotatable bonds is 4. The summed E-state index contributed by atoms with van der Waals surface area (Å²) in [6, 6.07) is 11.2. The van der Waals surface area contributed by atoms with Crippen molar-refractivity contribution in [2.45, 2.75) is 0 Å². The second-order valence-corrected chi connectivity index (χ2v) is 5.50. The molecule has 0 aliphatic carbocycles. The van der Waals surface area contributed by atoms with Gasteiger partial charge in [0.25, 0.3) is 0 Å². The largest absolute Gasteiger partial charge is 0.497 e. The average molecular weight is 321 g/mol. The summed E-state index contributed by atoms with van der Waals surface area (Å²) in [4.78, 5) is 13.1. The van der Waals surface area contributed by atoms with E-state index in [1.54, 1.807) is 20.3 Å². The van der Waals surface area contributed by atoms with Gasteiger partial charge in [-0.05, 0) is 29.3 Å². The van der Waals surface area contributed by atoms with E-state index < -0.39 is 0 Å². The first-order valence-corrected chi connectivity index (χ1v) is 7.58. The van der Waals surface area contributed by atoms with Crippen LogP contribution in [0.15, 0.2) is 54.0 Å². The van der Waals surface area contributed by atoms with E-state index in [1.165, 1.54) is 0 Å². The molecule has 122 valence electrons. The maximum absolute atomic E-state index is 13.1. The van der Waals surface area contributed by atoms with Gasteiger partial charge >= 0.3 is 0 Å². The highest BCUT2D eigenvalue weighted by atomic mass is 16.5. The van der Waals surface area contributed by atoms with Crippen molar-refractivity contribution in [1.82, 2.24) is 4.57 Å². The van der Waals surface area contributed by atoms with Gasteiger partial charge in [-0.2, -0.15) is 0 Å². The Bertz CT molecular complexity index is 969. The number of ether oxygens (including phenoxy) is 2. The van der Waals surface area contributed by atoms with Crippen LogP contribution in [0.4, 0.5) is 0 Å². The second kappa shape index (κ2) is 6.24. The van der Waals surface area contributed by atoms with Crippen molar-refractivity contribution in [2.24, 2.45) is 7.05 Å². The summed E-state index contributed by atoms with van der Waals surface area (Å²) in [6.07, 6.45) is 3.53. The predicted octanol–water partition coefficient (Wildman–Crippen LogP) is 3.87. The van der Waals surface area contributed by atoms with Crippen LogP contribution in [-0.4, -0.2) is 18.8 Å². The van der Waals surface area contributed by atoms with Crippen molar-refractivity contribution in [3.05, 3.63) is 65.0 Å². The third kappa shape index (κ3) is 2.46. The van der Waals surface area contributed by atoms with E-state index >= 15 is 0 Å². The molecule has 1 heterocycles. The number of methoxy groups -OCH3 is 2. The van der Waals surface area contributed by atoms with Crippen LogP contribution < -0.4 is 14.9 Å². The maximum Gasteiger partial charge on any atom is 0.197 e. The van der Waals surface area contributed by atoms with Crippen molar-refractivity contribution in [1.29, 1.82) is 0 Å². The Morgan fingerprint density at radius 2 is 1.75 bits per heavy atom. The first-order chi connectivity index (χ1) is 11.6. The Morgan fingerprint density at radius 1 is 1.04 bits per heavy atom. The molecule has 4 nitrogen and oxygen atoms in total. The van der Waals surface area contributed by atoms with Crippen molar-refractivity contribution in [3.8, 4) is 22.6 Å². The molecule has 0 aliphatic rings. The normalized spacial score (nSPS) is 10.6. The summed E-state index contributed by atoms with van der Waals surface area (Å²) >= 11 is 0. The molecule has 0 amide bonds. The molecule has 3 rings (SSSR count). The Balaban J connectivity index is 2.37. The van der Waals surface area contributed by atoms with Crippen LogP contribution in [0.25, 0.3) is 28.1 Å². The molecule has 0 spiro atoms. The fraction of sp³-hybridized carbons (Fsp3) is 0.150. The number of aryl methyl sites for hydroxylation is 1. The first-order valence-electron chi connectivity index (χ1n) is 7.58. The zero-order valence-electron chi connectivity index (χ0n) is 14.0. The highest BCUT2D eigenvalue weighted by Crippen LogP contribution is 2.29. The summed E-state index contributed by atoms with van der Waals surface area (Å²) in [5.74, 6) is 1.42. The highest BCUT2D eigenvalue weighted by molar-refractivity contribution is 5.94. The van der Waals surface area contributed by atoms with Crippen LogP contribution in [0.1, 0.15) is 5.56 Å². The lowest BCUT2D eigenvalue weighted by molar-refractivity contribution is 0.415. The van der Waals surface area contributed by atoms with E-state index in [2.05, 4.69) is 6.58 Å². The number of hydrogen-bond donors (Lipinski definition) is 0. The zero-order valence-corrected chi connectivity index (χ0v) is 14.0. The summed E-state index contributed by atoms with van der Waals surface area (Å²) in [5, 5.41) is 0.611. The highest BCUT2D eigenvalue weighted by Gasteiger charge is 2.15. The molecule has 0 atom stereocenters. The molecule has 0 unspecified atom stereocenters. The van der Waals surface area contributed by atoms with Gasteiger partial charge in [0.2, 0.25) is 0 Å². The lowest BCUT2D eigenvalue weighted by atomic mass is 10.0. The Hall–Kier alpha value is -3.01. The monoisotopic (exact) mass is 321 g/mol. The summed E-state index contributed by atoms with van der Waals surface area (Å²) < 4.78 is 12.5. The Kier molecular flexibility index (Phi) is 4.13. The van der Waals surface area contributed by atoms with E-state index in [4.69, 9.17) is 9.47 Å². The SMILES string of the molecule is C=Cc1ccc(OC)c2c1c(=O)c(-c1ccc(OC)cc1)cn2C. The first kappa shape index (κ1) is 15.9. The van der Waals surface area contributed by atoms with Gasteiger partial charge in [0.1, 0.15) is 11.5 Å². The number of pyridine rings is 1. The number of benzene rings is 2. The fourth-order valence-corrected chi connectivity index (χ4v) is 2.94. The van der Waals surface area contributed by atoms with Gasteiger partial charge in [-0.1, -0.05) is 30.9 Å². The van der Waals surface area contributed by atoms with Gasteiger partial charge < -0.3 is 14.0 Å². The number of fused-ring (bicyclic) bond motifs is 1. The lowest BCUT2D eigenvalue weighted by Gasteiger charge is -2.14. The van der Waals surface area contributed by atoms with Gasteiger partial charge in [-0.3, -0.25) is 4.79 Å². The molecule has 0 fully saturated rings. The fourth-order valence-electron chi connectivity index (χ4n) is 2.94. The van der Waals surface area contributed by atoms with Crippen LogP contribution in [0.5, 0.6) is 11.5 Å². The molecule has 0 bridgehead atoms. The van der Waals surface area contributed by atoms with Crippen LogP contribution >= 0.6 is 0 Å². The molecule has 4 heteroatoms. The Labute approximate surface area is 140 Å². The van der Waals surface area contributed by atoms with E-state index in [9.17, 15) is 4.79 Å². The Morgan fingerprint density at radius 3 is 2.33 bits per heavy atom. The molecule has 0 aliphatic heterocycles. The molecule has 3 aromatic rings. The molecule has 1 aromatic heterocycles. The minimum Gasteiger partial charge on any atom is -0.497 e. The van der Waals surface area contributed by atoms with Gasteiger partial charge in [-0.15, -0.1) is 0 Å². The van der Waals surface area contributed by atoms with E-state index in [1.807, 2.05) is 54.2 Å². The third-order valence-electron chi connectivity index (χ3n) is 4.16. The van der Waals surface area contributed by atoms with Gasteiger partial charge in [0.05, 0.1) is 25.1 Å². The minimum atomic E-state index is -0.0398. The molecular weight excluding hydrogens is 302 g/mol. The van der Waals surface area contributed by atoms with Crippen molar-refractivity contribution in [2.75, 3.05) is 14.2 Å². The van der Waals surface area contributed by atoms with Gasteiger partial charge in [0, 0.05) is 18.8 Å². The van der Waals surface area contributed by atoms with Crippen LogP contribution in [0.3, 0.4) is 0 Å². The summed E-state index contributed by atoms with van der Waals surface area (Å²) in [5.41, 5.74) is 2.99. The number of aromatic nitrogens is 1. The van der Waals surface area contributed by atoms with Crippen molar-refractivity contribution >= 4 is 17.0 Å². The quantitative estimate of drug-likeness (QED) is 0.732. The maximum atomic E-state index is 13.1. The number of nitrogens with zero attached hydrogens (tertiary/aromatic N) is 1. The van der Waals surface area contributed by atoms with Crippen molar-refractivity contribution < 1.29 is 9.47 Å². The number of hydrogen-bond acceptors (Lipinski definition) is 3. The second-order valence-electron chi connectivity index (χ2n) is 5.50. The standard InChI is InChI=1S/C20H19NO3/c1-5-13-8-11-17(24-4)19-18(13)20(22)16(12-21(19)2)14-6-9-15(23-3)10-7-14/h5-12H,1H2,2-4H3. The van der Waals surface area contributed by atoms with Crippen LogP contribution in [0.2, 0.25) is 0 Å². The lowest BCUT2D eigenvalue weighted by Crippen LogP contribution is -2.12. The van der Waals surface area contributed by atoms with Crippen LogP contribution in [-0.2, 0) is 7.05 Å². The topological polar surface area (TPSA) is 40.5 Å². The average Bonchev–Trinajstić information content (AvgIpc) is 2.63. The smallest absolute Gasteiger partial charge is 0.197 e. The molecular formula is C20H19NO3. The molecule has 0 radical (unpaired) electrons. The molecule has 0 saturated heterocycles. The van der Waals surface area contributed by atoms with E-state index in [0.29, 0.717) is 16.7 Å². The van der Waals surface area contributed by atoms with Gasteiger partial charge in [-0.25, -0.2) is 0 Å². The molecule has 24 heavy (non-hydrogen) atoms. The third-order valence-corrected chi connectivity index (χ3v) is 4.16. The summed E-state index contributed by atoms with van der Waals surface area (Å²) in [7, 11) is 5.13. The van der Waals surface area contributed by atoms with E-state index in [-0.39, 0.29) is 5.43 Å². The zero-order chi connectivity index (χ0) is 17.3. The molecule has 0 saturated carbocycles. The molecule has 0 N–H and O–H groups in total. The predicted molar refractivity (Wildman–Crippen MR) is 97.8 cm³/mol.